The molecule has 0 unspecified atom stereocenters. The minimum atomic E-state index is 0.435. The van der Waals surface area contributed by atoms with E-state index < -0.39 is 0 Å². The Morgan fingerprint density at radius 2 is 1.29 bits per heavy atom. The summed E-state index contributed by atoms with van der Waals surface area (Å²) >= 11 is 5.87. The Hall–Kier alpha value is -1.87. The summed E-state index contributed by atoms with van der Waals surface area (Å²) < 4.78 is 16.9. The number of alkyl halides is 1. The van der Waals surface area contributed by atoms with Crippen LogP contribution < -0.4 is 14.2 Å². The Morgan fingerprint density at radius 1 is 0.762 bits per heavy atom. The van der Waals surface area contributed by atoms with Gasteiger partial charge in [0.15, 0.2) is 11.5 Å². The van der Waals surface area contributed by atoms with E-state index >= 15 is 0 Å². The van der Waals surface area contributed by atoms with Crippen molar-refractivity contribution < 1.29 is 14.2 Å². The van der Waals surface area contributed by atoms with Crippen LogP contribution in [0.15, 0.2) is 48.5 Å². The van der Waals surface area contributed by atoms with Crippen LogP contribution in [0.4, 0.5) is 0 Å². The third-order valence-electron chi connectivity index (χ3n) is 2.86. The molecule has 4 heteroatoms. The highest BCUT2D eigenvalue weighted by Gasteiger charge is 2.04. The molecule has 0 aliphatic heterocycles. The average Bonchev–Trinajstić information content (AvgIpc) is 2.53. The maximum absolute atomic E-state index is 5.87. The van der Waals surface area contributed by atoms with Crippen molar-refractivity contribution in [3.8, 4) is 17.2 Å². The van der Waals surface area contributed by atoms with Crippen LogP contribution in [0.1, 0.15) is 12.5 Å². The van der Waals surface area contributed by atoms with Gasteiger partial charge in [0.25, 0.3) is 0 Å². The Bertz CT molecular complexity index is 557. The first-order valence-corrected chi connectivity index (χ1v) is 7.50. The Balaban J connectivity index is 1.85. The summed E-state index contributed by atoms with van der Waals surface area (Å²) in [7, 11) is 0. The van der Waals surface area contributed by atoms with E-state index in [4.69, 9.17) is 25.8 Å². The lowest BCUT2D eigenvalue weighted by molar-refractivity contribution is 0.207. The first kappa shape index (κ1) is 15.5. The molecule has 21 heavy (non-hydrogen) atoms. The van der Waals surface area contributed by atoms with Crippen LogP contribution in [0.2, 0.25) is 0 Å². The molecule has 0 aliphatic rings. The molecule has 0 spiro atoms. The lowest BCUT2D eigenvalue weighted by atomic mass is 10.2. The monoisotopic (exact) mass is 306 g/mol. The van der Waals surface area contributed by atoms with Crippen molar-refractivity contribution in [2.24, 2.45) is 0 Å². The van der Waals surface area contributed by atoms with Gasteiger partial charge in [0.2, 0.25) is 0 Å². The van der Waals surface area contributed by atoms with Gasteiger partial charge in [-0.25, -0.2) is 0 Å². The normalized spacial score (nSPS) is 10.2. The molecule has 2 aromatic carbocycles. The second-order valence-electron chi connectivity index (χ2n) is 4.32. The van der Waals surface area contributed by atoms with Gasteiger partial charge >= 0.3 is 0 Å². The molecule has 0 fully saturated rings. The van der Waals surface area contributed by atoms with Crippen LogP contribution in [0.5, 0.6) is 17.2 Å². The summed E-state index contributed by atoms with van der Waals surface area (Å²) in [5.74, 6) is 2.72. The van der Waals surface area contributed by atoms with E-state index in [0.29, 0.717) is 25.7 Å². The third-order valence-corrected chi connectivity index (χ3v) is 3.15. The van der Waals surface area contributed by atoms with Crippen molar-refractivity contribution in [2.45, 2.75) is 12.8 Å². The third kappa shape index (κ3) is 4.57. The highest BCUT2D eigenvalue weighted by atomic mass is 35.5. The zero-order valence-electron chi connectivity index (χ0n) is 12.0. The smallest absolute Gasteiger partial charge is 0.161 e. The second-order valence-corrected chi connectivity index (χ2v) is 4.59. The fourth-order valence-corrected chi connectivity index (χ4v) is 2.12. The molecule has 0 amide bonds. The second kappa shape index (κ2) is 8.42. The molecule has 0 aromatic heterocycles. The topological polar surface area (TPSA) is 27.7 Å². The Labute approximate surface area is 130 Å². The van der Waals surface area contributed by atoms with E-state index in [1.165, 1.54) is 0 Å². The SMILES string of the molecule is CCOc1ccccc1OCCOc1ccccc1CCl. The van der Waals surface area contributed by atoms with Crippen LogP contribution in [0.3, 0.4) is 0 Å². The molecule has 2 rings (SSSR count). The quantitative estimate of drug-likeness (QED) is 0.538. The molecule has 0 N–H and O–H groups in total. The number of benzene rings is 2. The van der Waals surface area contributed by atoms with Gasteiger partial charge in [-0.1, -0.05) is 30.3 Å². The molecule has 0 saturated carbocycles. The number of para-hydroxylation sites is 3. The molecular formula is C17H19ClO3. The van der Waals surface area contributed by atoms with E-state index in [1.807, 2.05) is 55.5 Å². The van der Waals surface area contributed by atoms with Gasteiger partial charge in [0.05, 0.1) is 12.5 Å². The predicted molar refractivity (Wildman–Crippen MR) is 84.6 cm³/mol. The fraction of sp³-hybridized carbons (Fsp3) is 0.294. The maximum Gasteiger partial charge on any atom is 0.161 e. The number of ether oxygens (including phenoxy) is 3. The van der Waals surface area contributed by atoms with E-state index in [9.17, 15) is 0 Å². The summed E-state index contributed by atoms with van der Waals surface area (Å²) in [5, 5.41) is 0. The molecule has 0 radical (unpaired) electrons. The highest BCUT2D eigenvalue weighted by molar-refractivity contribution is 6.17. The van der Waals surface area contributed by atoms with Crippen LogP contribution >= 0.6 is 11.6 Å². The maximum atomic E-state index is 5.87. The van der Waals surface area contributed by atoms with E-state index in [2.05, 4.69) is 0 Å². The van der Waals surface area contributed by atoms with Crippen LogP contribution in [0, 0.1) is 0 Å². The minimum absolute atomic E-state index is 0.435. The number of hydrogen-bond acceptors (Lipinski definition) is 3. The Kier molecular flexibility index (Phi) is 6.22. The van der Waals surface area contributed by atoms with Crippen molar-refractivity contribution in [2.75, 3.05) is 19.8 Å². The summed E-state index contributed by atoms with van der Waals surface area (Å²) in [6.07, 6.45) is 0. The van der Waals surface area contributed by atoms with Crippen LogP contribution in [0.25, 0.3) is 0 Å². The summed E-state index contributed by atoms with van der Waals surface area (Å²) in [6, 6.07) is 15.3. The molecule has 0 aliphatic carbocycles. The van der Waals surface area contributed by atoms with Gasteiger partial charge < -0.3 is 14.2 Å². The summed E-state index contributed by atoms with van der Waals surface area (Å²) in [6.45, 7) is 3.46. The lowest BCUT2D eigenvalue weighted by Gasteiger charge is -2.13. The minimum Gasteiger partial charge on any atom is -0.490 e. The molecule has 112 valence electrons. The molecule has 0 bridgehead atoms. The molecule has 0 saturated heterocycles. The predicted octanol–water partition coefficient (Wildman–Crippen LogP) is 4.28. The standard InChI is InChI=1S/C17H19ClO3/c1-2-19-16-9-5-6-10-17(16)21-12-11-20-15-8-4-3-7-14(15)13-18/h3-10H,2,11-13H2,1H3. The molecular weight excluding hydrogens is 288 g/mol. The first-order valence-electron chi connectivity index (χ1n) is 6.96. The zero-order chi connectivity index (χ0) is 14.9. The number of halogens is 1. The van der Waals surface area contributed by atoms with Crippen molar-refractivity contribution >= 4 is 11.6 Å². The fourth-order valence-electron chi connectivity index (χ4n) is 1.90. The highest BCUT2D eigenvalue weighted by Crippen LogP contribution is 2.26. The van der Waals surface area contributed by atoms with Crippen LogP contribution in [-0.4, -0.2) is 19.8 Å². The van der Waals surface area contributed by atoms with E-state index in [0.717, 1.165) is 22.8 Å². The van der Waals surface area contributed by atoms with Gasteiger partial charge in [-0.15, -0.1) is 11.6 Å². The van der Waals surface area contributed by atoms with Gasteiger partial charge in [-0.3, -0.25) is 0 Å². The molecule has 0 atom stereocenters. The van der Waals surface area contributed by atoms with Crippen molar-refractivity contribution in [1.82, 2.24) is 0 Å². The van der Waals surface area contributed by atoms with Crippen molar-refractivity contribution in [3.05, 3.63) is 54.1 Å². The van der Waals surface area contributed by atoms with Crippen molar-refractivity contribution in [3.63, 3.8) is 0 Å². The summed E-state index contributed by atoms with van der Waals surface area (Å²) in [4.78, 5) is 0. The van der Waals surface area contributed by atoms with Gasteiger partial charge in [0, 0.05) is 5.56 Å². The number of hydrogen-bond donors (Lipinski definition) is 0. The van der Waals surface area contributed by atoms with Gasteiger partial charge in [-0.2, -0.15) is 0 Å². The van der Waals surface area contributed by atoms with Gasteiger partial charge in [0.1, 0.15) is 19.0 Å². The van der Waals surface area contributed by atoms with E-state index in [1.54, 1.807) is 0 Å². The first-order chi connectivity index (χ1) is 10.3. The average molecular weight is 307 g/mol. The Morgan fingerprint density at radius 3 is 1.90 bits per heavy atom. The molecule has 3 nitrogen and oxygen atoms in total. The molecule has 2 aromatic rings. The van der Waals surface area contributed by atoms with Crippen molar-refractivity contribution in [1.29, 1.82) is 0 Å². The lowest BCUT2D eigenvalue weighted by Crippen LogP contribution is -2.10. The molecule has 0 heterocycles. The van der Waals surface area contributed by atoms with Gasteiger partial charge in [-0.05, 0) is 25.1 Å². The summed E-state index contributed by atoms with van der Waals surface area (Å²) in [5.41, 5.74) is 0.980. The zero-order valence-corrected chi connectivity index (χ0v) is 12.8. The van der Waals surface area contributed by atoms with E-state index in [-0.39, 0.29) is 0 Å². The largest absolute Gasteiger partial charge is 0.490 e. The number of rotatable bonds is 8. The van der Waals surface area contributed by atoms with Crippen LogP contribution in [-0.2, 0) is 5.88 Å².